The Balaban J connectivity index is 1.52. The number of ether oxygens (including phenoxy) is 1. The summed E-state index contributed by atoms with van der Waals surface area (Å²) in [4.78, 5) is 59.1. The molecule has 0 aliphatic carbocycles. The van der Waals surface area contributed by atoms with Crippen molar-refractivity contribution in [2.45, 2.75) is 12.1 Å². The van der Waals surface area contributed by atoms with Gasteiger partial charge in [-0.15, -0.1) is 0 Å². The highest BCUT2D eigenvalue weighted by Crippen LogP contribution is 2.33. The third-order valence-corrected chi connectivity index (χ3v) is 5.69. The van der Waals surface area contributed by atoms with Gasteiger partial charge >= 0.3 is 17.8 Å². The molecular weight excluding hydrogens is 446 g/mol. The molecule has 2 aromatic heterocycles. The fourth-order valence-corrected chi connectivity index (χ4v) is 4.02. The van der Waals surface area contributed by atoms with Crippen molar-refractivity contribution in [3.8, 4) is 17.1 Å². The predicted molar refractivity (Wildman–Crippen MR) is 112 cm³/mol. The third kappa shape index (κ3) is 3.30. The number of nitrogens with one attached hydrogen (secondary N) is 2. The van der Waals surface area contributed by atoms with E-state index in [2.05, 4.69) is 25.8 Å². The Morgan fingerprint density at radius 1 is 1.26 bits per heavy atom. The average molecular weight is 463 g/mol. The van der Waals surface area contributed by atoms with Crippen LogP contribution in [0.15, 0.2) is 41.2 Å². The first kappa shape index (κ1) is 21.1. The molecule has 0 radical (unpaired) electrons. The number of nitrogens with zero attached hydrogens (tertiary/aromatic N) is 4. The SMILES string of the molecule is COc1ccc2c(c1)C(=O)N(CC1(c3cncc(-c4noc(C(N)=O)n4)c3)NC(=O)NC1=O)C2. The predicted octanol–water partition coefficient (Wildman–Crippen LogP) is -0.0702. The molecule has 1 fully saturated rings. The molecule has 1 atom stereocenters. The summed E-state index contributed by atoms with van der Waals surface area (Å²) in [6, 6.07) is 5.96. The number of imide groups is 1. The summed E-state index contributed by atoms with van der Waals surface area (Å²) in [5.74, 6) is -1.70. The minimum Gasteiger partial charge on any atom is -0.497 e. The molecule has 0 spiro atoms. The molecule has 2 aliphatic rings. The van der Waals surface area contributed by atoms with Crippen molar-refractivity contribution in [2.24, 2.45) is 5.73 Å². The van der Waals surface area contributed by atoms with Gasteiger partial charge in [-0.05, 0) is 23.8 Å². The lowest BCUT2D eigenvalue weighted by Crippen LogP contribution is -2.52. The third-order valence-electron chi connectivity index (χ3n) is 5.69. The molecule has 1 aromatic carbocycles. The lowest BCUT2D eigenvalue weighted by molar-refractivity contribution is -0.124. The Hall–Kier alpha value is -4.81. The number of methoxy groups -OCH3 is 1. The normalized spacial score (nSPS) is 19.1. The molecule has 5 amide bonds. The number of hydrogen-bond donors (Lipinski definition) is 3. The first-order valence-corrected chi connectivity index (χ1v) is 10.00. The van der Waals surface area contributed by atoms with E-state index in [0.29, 0.717) is 16.9 Å². The Kier molecular flexibility index (Phi) is 4.74. The van der Waals surface area contributed by atoms with Crippen LogP contribution in [0.3, 0.4) is 0 Å². The van der Waals surface area contributed by atoms with Crippen LogP contribution in [-0.2, 0) is 16.9 Å². The Labute approximate surface area is 191 Å². The zero-order chi connectivity index (χ0) is 24.0. The summed E-state index contributed by atoms with van der Waals surface area (Å²) in [5, 5.41) is 8.56. The molecule has 2 aliphatic heterocycles. The van der Waals surface area contributed by atoms with Gasteiger partial charge in [0.1, 0.15) is 5.75 Å². The summed E-state index contributed by atoms with van der Waals surface area (Å²) in [6.07, 6.45) is 2.78. The van der Waals surface area contributed by atoms with Crippen molar-refractivity contribution in [3.63, 3.8) is 0 Å². The van der Waals surface area contributed by atoms with Crippen LogP contribution in [-0.4, -0.2) is 57.4 Å². The second kappa shape index (κ2) is 7.65. The van der Waals surface area contributed by atoms with Gasteiger partial charge in [0.05, 0.1) is 13.7 Å². The fraction of sp³-hybridized carbons (Fsp3) is 0.190. The van der Waals surface area contributed by atoms with E-state index in [1.54, 1.807) is 18.2 Å². The van der Waals surface area contributed by atoms with Gasteiger partial charge in [0.25, 0.3) is 11.8 Å². The second-order valence-electron chi connectivity index (χ2n) is 7.75. The molecule has 34 heavy (non-hydrogen) atoms. The molecule has 1 saturated heterocycles. The van der Waals surface area contributed by atoms with Gasteiger partial charge in [0.15, 0.2) is 5.54 Å². The van der Waals surface area contributed by atoms with Crippen molar-refractivity contribution < 1.29 is 28.4 Å². The quantitative estimate of drug-likeness (QED) is 0.421. The van der Waals surface area contributed by atoms with Crippen molar-refractivity contribution in [3.05, 3.63) is 59.2 Å². The van der Waals surface area contributed by atoms with Crippen LogP contribution in [0.1, 0.15) is 32.2 Å². The van der Waals surface area contributed by atoms with Gasteiger partial charge in [0.2, 0.25) is 5.82 Å². The maximum absolute atomic E-state index is 13.1. The summed E-state index contributed by atoms with van der Waals surface area (Å²) in [5.41, 5.74) is 5.33. The number of fused-ring (bicyclic) bond motifs is 1. The van der Waals surface area contributed by atoms with E-state index in [4.69, 9.17) is 15.0 Å². The molecule has 172 valence electrons. The lowest BCUT2D eigenvalue weighted by atomic mass is 9.89. The van der Waals surface area contributed by atoms with E-state index in [1.807, 2.05) is 0 Å². The Morgan fingerprint density at radius 2 is 2.09 bits per heavy atom. The van der Waals surface area contributed by atoms with E-state index in [1.165, 1.54) is 30.5 Å². The fourth-order valence-electron chi connectivity index (χ4n) is 4.02. The highest BCUT2D eigenvalue weighted by molar-refractivity contribution is 6.08. The molecule has 13 nitrogen and oxygen atoms in total. The van der Waals surface area contributed by atoms with E-state index in [-0.39, 0.29) is 30.4 Å². The number of aromatic nitrogens is 3. The molecule has 4 heterocycles. The summed E-state index contributed by atoms with van der Waals surface area (Å²) >= 11 is 0. The molecule has 3 aromatic rings. The number of nitrogens with two attached hydrogens (primary N) is 1. The van der Waals surface area contributed by atoms with Crippen molar-refractivity contribution in [2.75, 3.05) is 13.7 Å². The maximum atomic E-state index is 13.1. The Morgan fingerprint density at radius 3 is 2.76 bits per heavy atom. The summed E-state index contributed by atoms with van der Waals surface area (Å²) in [6.45, 7) is 0.0767. The Bertz CT molecular complexity index is 1370. The molecule has 0 bridgehead atoms. The van der Waals surface area contributed by atoms with Crippen molar-refractivity contribution >= 4 is 23.8 Å². The largest absolute Gasteiger partial charge is 0.497 e. The van der Waals surface area contributed by atoms with Gasteiger partial charge in [-0.1, -0.05) is 11.2 Å². The number of urea groups is 1. The second-order valence-corrected chi connectivity index (χ2v) is 7.75. The van der Waals surface area contributed by atoms with E-state index >= 15 is 0 Å². The minimum absolute atomic E-state index is 0.0137. The number of amides is 5. The van der Waals surface area contributed by atoms with Gasteiger partial charge < -0.3 is 25.2 Å². The number of benzene rings is 1. The molecule has 0 saturated carbocycles. The number of primary amides is 1. The molecule has 4 N–H and O–H groups in total. The average Bonchev–Trinajstić information content (AvgIpc) is 3.51. The monoisotopic (exact) mass is 463 g/mol. The lowest BCUT2D eigenvalue weighted by Gasteiger charge is -2.31. The zero-order valence-electron chi connectivity index (χ0n) is 17.7. The van der Waals surface area contributed by atoms with Crippen molar-refractivity contribution in [1.82, 2.24) is 30.7 Å². The van der Waals surface area contributed by atoms with Gasteiger partial charge in [-0.25, -0.2) is 4.79 Å². The van der Waals surface area contributed by atoms with Crippen LogP contribution >= 0.6 is 0 Å². The van der Waals surface area contributed by atoms with Gasteiger partial charge in [0, 0.05) is 35.6 Å². The van der Waals surface area contributed by atoms with E-state index in [0.717, 1.165) is 5.56 Å². The number of pyridine rings is 1. The van der Waals surface area contributed by atoms with Gasteiger partial charge in [-0.3, -0.25) is 24.7 Å². The maximum Gasteiger partial charge on any atom is 0.322 e. The summed E-state index contributed by atoms with van der Waals surface area (Å²) in [7, 11) is 1.50. The number of hydrogen-bond acceptors (Lipinski definition) is 9. The van der Waals surface area contributed by atoms with Crippen LogP contribution in [0.25, 0.3) is 11.4 Å². The minimum atomic E-state index is -1.63. The number of rotatable bonds is 6. The number of carbonyl (C=O) groups excluding carboxylic acids is 4. The van der Waals surface area contributed by atoms with E-state index < -0.39 is 29.3 Å². The van der Waals surface area contributed by atoms with Crippen LogP contribution in [0.2, 0.25) is 0 Å². The van der Waals surface area contributed by atoms with Crippen molar-refractivity contribution in [1.29, 1.82) is 0 Å². The first-order chi connectivity index (χ1) is 16.3. The highest BCUT2D eigenvalue weighted by atomic mass is 16.5. The molecular formula is C21H17N7O6. The topological polar surface area (TPSA) is 183 Å². The zero-order valence-corrected chi connectivity index (χ0v) is 17.7. The first-order valence-electron chi connectivity index (χ1n) is 10.00. The number of carbonyl (C=O) groups is 4. The van der Waals surface area contributed by atoms with Crippen LogP contribution < -0.4 is 21.1 Å². The van der Waals surface area contributed by atoms with Crippen LogP contribution in [0.4, 0.5) is 4.79 Å². The van der Waals surface area contributed by atoms with E-state index in [9.17, 15) is 19.2 Å². The smallest absolute Gasteiger partial charge is 0.322 e. The van der Waals surface area contributed by atoms with Crippen LogP contribution in [0.5, 0.6) is 5.75 Å². The summed E-state index contributed by atoms with van der Waals surface area (Å²) < 4.78 is 10.0. The molecule has 13 heteroatoms. The highest BCUT2D eigenvalue weighted by Gasteiger charge is 2.51. The van der Waals surface area contributed by atoms with Crippen LogP contribution in [0, 0.1) is 0 Å². The van der Waals surface area contributed by atoms with Gasteiger partial charge in [-0.2, -0.15) is 4.98 Å². The molecule has 1 unspecified atom stereocenters. The molecule has 5 rings (SSSR count). The standard InChI is InChI=1S/C21H17N7O6/c1-33-13-3-2-10-8-28(18(30)14(10)5-13)9-21(19(31)25-20(32)26-21)12-4-11(6-23-7-12)16-24-17(15(22)29)34-27-16/h2-7H,8-9H2,1H3,(H2,22,29)(H2,25,26,31,32).